The minimum atomic E-state index is -1.14. The second-order valence-electron chi connectivity index (χ2n) is 7.00. The molecule has 1 aromatic carbocycles. The van der Waals surface area contributed by atoms with E-state index in [1.165, 1.54) is 36.4 Å². The molecular weight excluding hydrogens is 422 g/mol. The van der Waals surface area contributed by atoms with Crippen molar-refractivity contribution in [3.63, 3.8) is 0 Å². The van der Waals surface area contributed by atoms with Crippen LogP contribution in [0.2, 0.25) is 0 Å². The van der Waals surface area contributed by atoms with Gasteiger partial charge in [-0.3, -0.25) is 9.59 Å². The van der Waals surface area contributed by atoms with Gasteiger partial charge in [0.05, 0.1) is 12.4 Å². The second-order valence-corrected chi connectivity index (χ2v) is 7.99. The van der Waals surface area contributed by atoms with Gasteiger partial charge in [0.1, 0.15) is 17.8 Å². The van der Waals surface area contributed by atoms with Crippen LogP contribution in [-0.4, -0.2) is 68.1 Å². The molecule has 2 aromatic rings. The van der Waals surface area contributed by atoms with Gasteiger partial charge >= 0.3 is 5.97 Å². The van der Waals surface area contributed by atoms with Gasteiger partial charge in [-0.1, -0.05) is 12.1 Å². The molecule has 1 aromatic heterocycles. The number of carbonyl (C=O) groups is 3. The zero-order valence-corrected chi connectivity index (χ0v) is 17.9. The first-order valence-corrected chi connectivity index (χ1v) is 11.0. The van der Waals surface area contributed by atoms with Crippen LogP contribution in [0, 0.1) is 0 Å². The number of imidazole rings is 1. The molecule has 0 fully saturated rings. The summed E-state index contributed by atoms with van der Waals surface area (Å²) in [5.74, 6) is -1.64. The van der Waals surface area contributed by atoms with Crippen molar-refractivity contribution in [2.75, 3.05) is 12.0 Å². The standard InChI is InChI=1S/C20H27N5O5S/c1-31-7-6-16(20(29)30)24-19(28)17(9-13-10-22-11-23-13)25-18(27)15(21)8-12-2-4-14(26)5-3-12/h2-5,10-11,15-17,26H,6-9,21H2,1H3,(H,22,23)(H,24,28)(H,25,27)(H,29,30). The van der Waals surface area contributed by atoms with Crippen LogP contribution in [0.25, 0.3) is 0 Å². The summed E-state index contributed by atoms with van der Waals surface area (Å²) in [5, 5.41) is 23.8. The highest BCUT2D eigenvalue weighted by Crippen LogP contribution is 2.11. The average Bonchev–Trinajstić information content (AvgIpc) is 3.25. The van der Waals surface area contributed by atoms with Gasteiger partial charge in [0.25, 0.3) is 0 Å². The van der Waals surface area contributed by atoms with Gasteiger partial charge in [-0.05, 0) is 42.5 Å². The third-order valence-electron chi connectivity index (χ3n) is 4.57. The number of aromatic amines is 1. The number of phenolic OH excluding ortho intramolecular Hbond substituents is 1. The van der Waals surface area contributed by atoms with Gasteiger partial charge in [0, 0.05) is 18.3 Å². The van der Waals surface area contributed by atoms with E-state index in [1.807, 2.05) is 6.26 Å². The van der Waals surface area contributed by atoms with Gasteiger partial charge in [-0.15, -0.1) is 0 Å². The summed E-state index contributed by atoms with van der Waals surface area (Å²) < 4.78 is 0. The lowest BCUT2D eigenvalue weighted by Gasteiger charge is -2.22. The van der Waals surface area contributed by atoms with Crippen molar-refractivity contribution in [3.05, 3.63) is 48.0 Å². The Bertz CT molecular complexity index is 859. The summed E-state index contributed by atoms with van der Waals surface area (Å²) in [5.41, 5.74) is 7.35. The lowest BCUT2D eigenvalue weighted by Crippen LogP contribution is -2.55. The number of thioether (sulfide) groups is 1. The van der Waals surface area contributed by atoms with E-state index < -0.39 is 35.9 Å². The van der Waals surface area contributed by atoms with Crippen LogP contribution in [0.15, 0.2) is 36.8 Å². The van der Waals surface area contributed by atoms with Crippen LogP contribution in [-0.2, 0) is 27.2 Å². The molecule has 0 saturated carbocycles. The van der Waals surface area contributed by atoms with E-state index in [0.717, 1.165) is 5.56 Å². The van der Waals surface area contributed by atoms with Crippen molar-refractivity contribution in [1.82, 2.24) is 20.6 Å². The number of rotatable bonds is 12. The Labute approximate surface area is 184 Å². The number of carboxylic acid groups (broad SMARTS) is 1. The highest BCUT2D eigenvalue weighted by atomic mass is 32.2. The summed E-state index contributed by atoms with van der Waals surface area (Å²) in [6.45, 7) is 0. The first kappa shape index (κ1) is 24.2. The van der Waals surface area contributed by atoms with Crippen LogP contribution in [0.4, 0.5) is 0 Å². The molecule has 2 amide bonds. The highest BCUT2D eigenvalue weighted by Gasteiger charge is 2.28. The Morgan fingerprint density at radius 2 is 1.81 bits per heavy atom. The Hall–Kier alpha value is -3.05. The smallest absolute Gasteiger partial charge is 0.326 e. The molecule has 0 spiro atoms. The van der Waals surface area contributed by atoms with E-state index in [1.54, 1.807) is 12.1 Å². The van der Waals surface area contributed by atoms with E-state index in [-0.39, 0.29) is 25.0 Å². The topological polar surface area (TPSA) is 170 Å². The average molecular weight is 450 g/mol. The summed E-state index contributed by atoms with van der Waals surface area (Å²) in [7, 11) is 0. The van der Waals surface area contributed by atoms with Gasteiger partial charge in [0.2, 0.25) is 11.8 Å². The number of nitrogens with one attached hydrogen (secondary N) is 3. The van der Waals surface area contributed by atoms with Crippen molar-refractivity contribution >= 4 is 29.5 Å². The van der Waals surface area contributed by atoms with E-state index in [2.05, 4.69) is 20.6 Å². The first-order chi connectivity index (χ1) is 14.8. The Morgan fingerprint density at radius 3 is 2.39 bits per heavy atom. The maximum absolute atomic E-state index is 12.8. The lowest BCUT2D eigenvalue weighted by molar-refractivity contribution is -0.142. The Morgan fingerprint density at radius 1 is 1.13 bits per heavy atom. The predicted octanol–water partition coefficient (Wildman–Crippen LogP) is 0.0351. The molecule has 3 unspecified atom stereocenters. The molecule has 0 bridgehead atoms. The van der Waals surface area contributed by atoms with Crippen LogP contribution in [0.5, 0.6) is 5.75 Å². The van der Waals surface area contributed by atoms with E-state index >= 15 is 0 Å². The number of hydrogen-bond acceptors (Lipinski definition) is 7. The number of aliphatic carboxylic acids is 1. The summed E-state index contributed by atoms with van der Waals surface area (Å²) in [6, 6.07) is 3.26. The van der Waals surface area contributed by atoms with Gasteiger partial charge in [-0.25, -0.2) is 9.78 Å². The molecule has 0 saturated heterocycles. The molecule has 0 radical (unpaired) electrons. The minimum absolute atomic E-state index is 0.0956. The number of hydrogen-bond donors (Lipinski definition) is 6. The van der Waals surface area contributed by atoms with Crippen molar-refractivity contribution in [2.24, 2.45) is 5.73 Å². The fraction of sp³-hybridized carbons (Fsp3) is 0.400. The number of carboxylic acids is 1. The number of phenols is 1. The van der Waals surface area contributed by atoms with Crippen molar-refractivity contribution in [2.45, 2.75) is 37.4 Å². The third-order valence-corrected chi connectivity index (χ3v) is 5.21. The van der Waals surface area contributed by atoms with Crippen molar-refractivity contribution in [3.8, 4) is 5.75 Å². The number of aromatic hydroxyl groups is 1. The van der Waals surface area contributed by atoms with Gasteiger partial charge < -0.3 is 31.6 Å². The monoisotopic (exact) mass is 449 g/mol. The second kappa shape index (κ2) is 12.0. The van der Waals surface area contributed by atoms with E-state index in [9.17, 15) is 24.6 Å². The maximum Gasteiger partial charge on any atom is 0.326 e. The molecule has 0 aliphatic carbocycles. The maximum atomic E-state index is 12.8. The number of nitrogens with zero attached hydrogens (tertiary/aromatic N) is 1. The zero-order chi connectivity index (χ0) is 22.8. The molecule has 10 nitrogen and oxygen atoms in total. The SMILES string of the molecule is CSCCC(NC(=O)C(Cc1cnc[nH]1)NC(=O)C(N)Cc1ccc(O)cc1)C(=O)O. The normalized spacial score (nSPS) is 13.7. The van der Waals surface area contributed by atoms with Crippen LogP contribution in [0.3, 0.4) is 0 Å². The molecule has 11 heteroatoms. The molecular formula is C20H27N5O5S. The third kappa shape index (κ3) is 7.95. The molecule has 2 rings (SSSR count). The van der Waals surface area contributed by atoms with Crippen LogP contribution >= 0.6 is 11.8 Å². The molecule has 0 aliphatic rings. The molecule has 168 valence electrons. The zero-order valence-electron chi connectivity index (χ0n) is 17.1. The summed E-state index contributed by atoms with van der Waals surface area (Å²) in [6.07, 6.45) is 5.37. The first-order valence-electron chi connectivity index (χ1n) is 9.63. The summed E-state index contributed by atoms with van der Waals surface area (Å²) >= 11 is 1.47. The fourth-order valence-electron chi connectivity index (χ4n) is 2.85. The quantitative estimate of drug-likeness (QED) is 0.264. The van der Waals surface area contributed by atoms with Crippen LogP contribution < -0.4 is 16.4 Å². The van der Waals surface area contributed by atoms with E-state index in [0.29, 0.717) is 11.4 Å². The minimum Gasteiger partial charge on any atom is -0.508 e. The fourth-order valence-corrected chi connectivity index (χ4v) is 3.32. The molecule has 31 heavy (non-hydrogen) atoms. The molecule has 3 atom stereocenters. The number of nitrogens with two attached hydrogens (primary N) is 1. The Balaban J connectivity index is 2.07. The number of H-pyrrole nitrogens is 1. The molecule has 0 aliphatic heterocycles. The number of aromatic nitrogens is 2. The number of amides is 2. The van der Waals surface area contributed by atoms with E-state index in [4.69, 9.17) is 5.73 Å². The molecule has 7 N–H and O–H groups in total. The van der Waals surface area contributed by atoms with Crippen molar-refractivity contribution < 1.29 is 24.6 Å². The lowest BCUT2D eigenvalue weighted by atomic mass is 10.0. The van der Waals surface area contributed by atoms with Crippen LogP contribution in [0.1, 0.15) is 17.7 Å². The Kier molecular flexibility index (Phi) is 9.35. The number of benzene rings is 1. The predicted molar refractivity (Wildman–Crippen MR) is 117 cm³/mol. The van der Waals surface area contributed by atoms with Gasteiger partial charge in [-0.2, -0.15) is 11.8 Å². The number of carbonyl (C=O) groups excluding carboxylic acids is 2. The largest absolute Gasteiger partial charge is 0.508 e. The van der Waals surface area contributed by atoms with Crippen molar-refractivity contribution in [1.29, 1.82) is 0 Å². The van der Waals surface area contributed by atoms with Gasteiger partial charge in [0.15, 0.2) is 0 Å². The highest BCUT2D eigenvalue weighted by molar-refractivity contribution is 7.98. The molecule has 1 heterocycles. The summed E-state index contributed by atoms with van der Waals surface area (Å²) in [4.78, 5) is 43.7.